The minimum atomic E-state index is -0.251. The van der Waals surface area contributed by atoms with Crippen LogP contribution in [0.2, 0.25) is 0 Å². The summed E-state index contributed by atoms with van der Waals surface area (Å²) in [7, 11) is 0. The number of hydrogen-bond donors (Lipinski definition) is 0. The maximum absolute atomic E-state index is 12.0. The van der Waals surface area contributed by atoms with Gasteiger partial charge in [-0.2, -0.15) is 0 Å². The summed E-state index contributed by atoms with van der Waals surface area (Å²) in [5.74, 6) is 1.95. The Labute approximate surface area is 114 Å². The average Bonchev–Trinajstić information content (AvgIpc) is 2.93. The zero-order chi connectivity index (χ0) is 12.4. The molecule has 18 heavy (non-hydrogen) atoms. The van der Waals surface area contributed by atoms with Gasteiger partial charge in [0, 0.05) is 11.5 Å². The highest BCUT2D eigenvalue weighted by molar-refractivity contribution is 8.25. The van der Waals surface area contributed by atoms with Crippen LogP contribution in [0.25, 0.3) is 0 Å². The number of thioether (sulfide) groups is 2. The first-order chi connectivity index (χ1) is 8.84. The molecule has 4 heteroatoms. The van der Waals surface area contributed by atoms with Crippen LogP contribution in [0.3, 0.4) is 0 Å². The van der Waals surface area contributed by atoms with Crippen molar-refractivity contribution in [2.24, 2.45) is 0 Å². The molecule has 0 radical (unpaired) electrons. The van der Waals surface area contributed by atoms with Crippen molar-refractivity contribution in [2.75, 3.05) is 11.5 Å². The van der Waals surface area contributed by atoms with Crippen LogP contribution in [-0.4, -0.2) is 17.5 Å². The van der Waals surface area contributed by atoms with Gasteiger partial charge >= 0.3 is 5.97 Å². The van der Waals surface area contributed by atoms with Crippen molar-refractivity contribution >= 4 is 29.5 Å². The van der Waals surface area contributed by atoms with E-state index >= 15 is 0 Å². The summed E-state index contributed by atoms with van der Waals surface area (Å²) >= 11 is 3.48. The van der Waals surface area contributed by atoms with Gasteiger partial charge in [0.2, 0.25) is 0 Å². The van der Waals surface area contributed by atoms with Gasteiger partial charge in [-0.1, -0.05) is 30.3 Å². The maximum Gasteiger partial charge on any atom is 0.340 e. The van der Waals surface area contributed by atoms with Gasteiger partial charge in [0.1, 0.15) is 6.10 Å². The molecule has 1 aromatic rings. The second kappa shape index (κ2) is 5.24. The van der Waals surface area contributed by atoms with Gasteiger partial charge in [-0.15, -0.1) is 23.5 Å². The lowest BCUT2D eigenvalue weighted by molar-refractivity contribution is -0.142. The fraction of sp³-hybridized carbons (Fsp3) is 0.214. The Bertz CT molecular complexity index is 512. The Balaban J connectivity index is 1.87. The van der Waals surface area contributed by atoms with Crippen LogP contribution in [-0.2, 0) is 9.53 Å². The molecule has 1 saturated heterocycles. The number of ether oxygens (including phenoxy) is 1. The van der Waals surface area contributed by atoms with E-state index in [0.717, 1.165) is 26.9 Å². The Kier molecular flexibility index (Phi) is 3.48. The van der Waals surface area contributed by atoms with Crippen LogP contribution in [0.15, 0.2) is 52.3 Å². The first-order valence-corrected chi connectivity index (χ1v) is 7.76. The van der Waals surface area contributed by atoms with Crippen molar-refractivity contribution in [1.82, 2.24) is 0 Å². The predicted molar refractivity (Wildman–Crippen MR) is 76.4 cm³/mol. The smallest absolute Gasteiger partial charge is 0.340 e. The van der Waals surface area contributed by atoms with E-state index in [-0.39, 0.29) is 12.1 Å². The van der Waals surface area contributed by atoms with Crippen LogP contribution < -0.4 is 0 Å². The van der Waals surface area contributed by atoms with Crippen LogP contribution >= 0.6 is 23.5 Å². The maximum atomic E-state index is 12.0. The van der Waals surface area contributed by atoms with Crippen molar-refractivity contribution in [1.29, 1.82) is 0 Å². The number of rotatable bonds is 1. The molecule has 0 saturated carbocycles. The van der Waals surface area contributed by atoms with Gasteiger partial charge in [0.15, 0.2) is 0 Å². The Hall–Kier alpha value is -1.13. The van der Waals surface area contributed by atoms with Gasteiger partial charge in [-0.05, 0) is 17.7 Å². The second-order valence-corrected chi connectivity index (χ2v) is 6.46. The molecule has 0 bridgehead atoms. The summed E-state index contributed by atoms with van der Waals surface area (Å²) < 4.78 is 6.59. The molecule has 3 rings (SSSR count). The quantitative estimate of drug-likeness (QED) is 0.579. The lowest BCUT2D eigenvalue weighted by Gasteiger charge is -2.20. The molecule has 2 aliphatic rings. The largest absolute Gasteiger partial charge is 0.450 e. The van der Waals surface area contributed by atoms with E-state index in [4.69, 9.17) is 4.74 Å². The van der Waals surface area contributed by atoms with E-state index in [2.05, 4.69) is 0 Å². The van der Waals surface area contributed by atoms with Crippen LogP contribution in [0.4, 0.5) is 0 Å². The first kappa shape index (κ1) is 11.9. The van der Waals surface area contributed by atoms with Crippen LogP contribution in [0.5, 0.6) is 0 Å². The van der Waals surface area contributed by atoms with Crippen molar-refractivity contribution in [3.63, 3.8) is 0 Å². The van der Waals surface area contributed by atoms with Crippen molar-refractivity contribution in [3.05, 3.63) is 57.9 Å². The monoisotopic (exact) mass is 276 g/mol. The molecule has 1 aromatic carbocycles. The molecule has 2 nitrogen and oxygen atoms in total. The Morgan fingerprint density at radius 2 is 1.83 bits per heavy atom. The summed E-state index contributed by atoms with van der Waals surface area (Å²) in [6.45, 7) is 0. The molecule has 0 amide bonds. The van der Waals surface area contributed by atoms with Crippen molar-refractivity contribution < 1.29 is 9.53 Å². The summed E-state index contributed by atoms with van der Waals surface area (Å²) in [6, 6.07) is 9.80. The van der Waals surface area contributed by atoms with E-state index in [1.807, 2.05) is 42.5 Å². The molecular formula is C14H12O2S2. The third-order valence-electron chi connectivity index (χ3n) is 2.79. The molecule has 0 N–H and O–H groups in total. The third-order valence-corrected chi connectivity index (χ3v) is 5.54. The van der Waals surface area contributed by atoms with Crippen molar-refractivity contribution in [3.8, 4) is 0 Å². The normalized spacial score (nSPS) is 23.3. The lowest BCUT2D eigenvalue weighted by Crippen LogP contribution is -2.16. The Morgan fingerprint density at radius 3 is 2.50 bits per heavy atom. The molecule has 1 fully saturated rings. The number of hydrogen-bond acceptors (Lipinski definition) is 4. The van der Waals surface area contributed by atoms with Gasteiger partial charge in [0.25, 0.3) is 0 Å². The number of cyclic esters (lactones) is 1. The zero-order valence-electron chi connectivity index (χ0n) is 9.67. The van der Waals surface area contributed by atoms with Crippen molar-refractivity contribution in [2.45, 2.75) is 6.10 Å². The minimum absolute atomic E-state index is 0.205. The number of esters is 1. The highest BCUT2D eigenvalue weighted by Crippen LogP contribution is 2.41. The topological polar surface area (TPSA) is 26.3 Å². The van der Waals surface area contributed by atoms with Gasteiger partial charge in [0.05, 0.1) is 9.81 Å². The average molecular weight is 276 g/mol. The highest BCUT2D eigenvalue weighted by Gasteiger charge is 2.25. The standard InChI is InChI=1S/C14H12O2S2/c15-13-11(14-17-8-9-18-14)6-7-12(16-13)10-4-2-1-3-5-10/h1-7,12H,8-9H2/t12-/m0/s1. The summed E-state index contributed by atoms with van der Waals surface area (Å²) in [4.78, 5) is 12.0. The van der Waals surface area contributed by atoms with E-state index < -0.39 is 0 Å². The third kappa shape index (κ3) is 2.35. The lowest BCUT2D eigenvalue weighted by atomic mass is 10.1. The number of carbonyl (C=O) groups excluding carboxylic acids is 1. The molecule has 0 unspecified atom stereocenters. The number of benzene rings is 1. The molecule has 2 heterocycles. The molecular weight excluding hydrogens is 264 g/mol. The fourth-order valence-corrected chi connectivity index (χ4v) is 4.39. The van der Waals surface area contributed by atoms with E-state index in [1.54, 1.807) is 23.5 Å². The van der Waals surface area contributed by atoms with E-state index in [0.29, 0.717) is 0 Å². The SMILES string of the molecule is O=C1O[C@H](c2ccccc2)C=CC1=C1SCCS1. The second-order valence-electron chi connectivity index (χ2n) is 3.99. The highest BCUT2D eigenvalue weighted by atomic mass is 32.2. The summed E-state index contributed by atoms with van der Waals surface area (Å²) in [5.41, 5.74) is 1.73. The minimum Gasteiger partial charge on any atom is -0.450 e. The van der Waals surface area contributed by atoms with E-state index in [1.165, 1.54) is 0 Å². The predicted octanol–water partition coefficient (Wildman–Crippen LogP) is 3.53. The van der Waals surface area contributed by atoms with Crippen LogP contribution in [0, 0.1) is 0 Å². The Morgan fingerprint density at radius 1 is 1.11 bits per heavy atom. The fourth-order valence-electron chi connectivity index (χ4n) is 1.91. The van der Waals surface area contributed by atoms with Gasteiger partial charge in [-0.25, -0.2) is 4.79 Å². The molecule has 92 valence electrons. The zero-order valence-corrected chi connectivity index (χ0v) is 11.3. The molecule has 2 aliphatic heterocycles. The summed E-state index contributed by atoms with van der Waals surface area (Å²) in [6.07, 6.45) is 3.61. The first-order valence-electron chi connectivity index (χ1n) is 5.78. The van der Waals surface area contributed by atoms with Gasteiger partial charge < -0.3 is 4.74 Å². The molecule has 0 aliphatic carbocycles. The van der Waals surface area contributed by atoms with E-state index in [9.17, 15) is 4.79 Å². The molecule has 0 spiro atoms. The molecule has 0 aromatic heterocycles. The summed E-state index contributed by atoms with van der Waals surface area (Å²) in [5, 5.41) is 0. The van der Waals surface area contributed by atoms with Gasteiger partial charge in [-0.3, -0.25) is 0 Å². The number of carbonyl (C=O) groups is 1. The molecule has 1 atom stereocenters. The van der Waals surface area contributed by atoms with Crippen LogP contribution in [0.1, 0.15) is 11.7 Å².